The van der Waals surface area contributed by atoms with E-state index in [1.165, 1.54) is 0 Å². The average molecular weight is 145 g/mol. The van der Waals surface area contributed by atoms with Crippen molar-refractivity contribution in [3.63, 3.8) is 0 Å². The van der Waals surface area contributed by atoms with Crippen LogP contribution < -0.4 is 0 Å². The molecule has 1 unspecified atom stereocenters. The van der Waals surface area contributed by atoms with Gasteiger partial charge < -0.3 is 0 Å². The van der Waals surface area contributed by atoms with Gasteiger partial charge in [0.05, 0.1) is 0 Å². The van der Waals surface area contributed by atoms with E-state index in [4.69, 9.17) is 13.3 Å². The monoisotopic (exact) mass is 146 g/mol. The zero-order chi connectivity index (χ0) is 4.28. The molecule has 4 nitrogen and oxygen atoms in total. The van der Waals surface area contributed by atoms with E-state index in [1.807, 2.05) is 0 Å². The maximum absolute atomic E-state index is 9.10. The number of hydrogen-bond acceptors (Lipinski definition) is 3. The summed E-state index contributed by atoms with van der Waals surface area (Å²) in [5, 5.41) is 7.14. The molecule has 0 radical (unpaired) electrons. The van der Waals surface area contributed by atoms with Crippen molar-refractivity contribution in [1.29, 1.82) is 0 Å². The number of rotatable bonds is 1. The van der Waals surface area contributed by atoms with Crippen LogP contribution in [0.3, 0.4) is 0 Å². The van der Waals surface area contributed by atoms with Gasteiger partial charge in [-0.15, -0.1) is 0 Å². The molecule has 5 heteroatoms. The topological polar surface area (TPSA) is 66.8 Å². The predicted molar refractivity (Wildman–Crippen MR) is 12.4 cm³/mol. The van der Waals surface area contributed by atoms with Crippen LogP contribution in [0.5, 0.6) is 0 Å². The Hall–Kier alpha value is 0.199. The Morgan fingerprint density at radius 1 is 1.80 bits per heavy atom. The summed E-state index contributed by atoms with van der Waals surface area (Å²) in [6.45, 7) is 0. The van der Waals surface area contributed by atoms with Crippen LogP contribution in [0.4, 0.5) is 0 Å². The molecule has 0 saturated carbocycles. The van der Waals surface area contributed by atoms with E-state index < -0.39 is 14.5 Å². The SMILES string of the molecule is O=[Se](O)OO. The predicted octanol–water partition coefficient (Wildman–Crippen LogP) is -1.12. The molecular formula is H2O4Se. The van der Waals surface area contributed by atoms with Crippen molar-refractivity contribution in [3.8, 4) is 0 Å². The fourth-order valence-corrected chi connectivity index (χ4v) is 0. The van der Waals surface area contributed by atoms with E-state index in [2.05, 4.69) is 3.97 Å². The first-order valence-corrected chi connectivity index (χ1v) is 2.86. The van der Waals surface area contributed by atoms with E-state index >= 15 is 0 Å². The van der Waals surface area contributed by atoms with Crippen LogP contribution in [0.2, 0.25) is 0 Å². The second kappa shape index (κ2) is 2.44. The van der Waals surface area contributed by atoms with Crippen molar-refractivity contribution < 1.29 is 17.3 Å². The third-order valence-electron chi connectivity index (χ3n) is 0.0638. The first kappa shape index (κ1) is 5.20. The summed E-state index contributed by atoms with van der Waals surface area (Å²) >= 11 is -3.24. The molecule has 0 aromatic rings. The van der Waals surface area contributed by atoms with Crippen molar-refractivity contribution in [2.75, 3.05) is 0 Å². The molecule has 0 spiro atoms. The molecular weight excluding hydrogens is 143 g/mol. The molecule has 0 aromatic heterocycles. The van der Waals surface area contributed by atoms with Crippen LogP contribution in [-0.4, -0.2) is 23.9 Å². The normalized spacial score (nSPS) is 14.8. The summed E-state index contributed by atoms with van der Waals surface area (Å²) in [6.07, 6.45) is 0. The number of hydrogen-bond donors (Lipinski definition) is 2. The van der Waals surface area contributed by atoms with Gasteiger partial charge in [-0.3, -0.25) is 0 Å². The minimum atomic E-state index is -3.24. The fraction of sp³-hybridized carbons (Fsp3) is 0. The molecule has 0 heterocycles. The Bertz CT molecular complexity index is 38.9. The summed E-state index contributed by atoms with van der Waals surface area (Å²) in [6, 6.07) is 0. The Kier molecular flexibility index (Phi) is 2.53. The summed E-state index contributed by atoms with van der Waals surface area (Å²) in [4.78, 5) is 0. The molecule has 0 amide bonds. The molecule has 0 bridgehead atoms. The van der Waals surface area contributed by atoms with E-state index in [9.17, 15) is 0 Å². The van der Waals surface area contributed by atoms with Gasteiger partial charge in [0.1, 0.15) is 0 Å². The van der Waals surface area contributed by atoms with Crippen LogP contribution in [0.1, 0.15) is 0 Å². The van der Waals surface area contributed by atoms with Gasteiger partial charge in [0.25, 0.3) is 0 Å². The second-order valence-corrected chi connectivity index (χ2v) is 1.52. The van der Waals surface area contributed by atoms with Crippen LogP contribution in [0, 0.1) is 0 Å². The molecule has 2 N–H and O–H groups in total. The first-order chi connectivity index (χ1) is 2.27. The quantitative estimate of drug-likeness (QED) is 0.278. The van der Waals surface area contributed by atoms with Gasteiger partial charge in [0, 0.05) is 0 Å². The summed E-state index contributed by atoms with van der Waals surface area (Å²) < 4.78 is 19.4. The molecule has 0 aliphatic carbocycles. The van der Waals surface area contributed by atoms with Crippen molar-refractivity contribution in [2.24, 2.45) is 0 Å². The maximum atomic E-state index is 9.10. The second-order valence-electron chi connectivity index (χ2n) is 0.292. The molecule has 0 aliphatic heterocycles. The zero-order valence-electron chi connectivity index (χ0n) is 2.12. The van der Waals surface area contributed by atoms with Crippen LogP contribution >= 0.6 is 0 Å². The minimum absolute atomic E-state index is 2.88. The van der Waals surface area contributed by atoms with Gasteiger partial charge in [-0.2, -0.15) is 0 Å². The fourth-order valence-electron chi connectivity index (χ4n) is 0. The Morgan fingerprint density at radius 3 is 2.00 bits per heavy atom. The van der Waals surface area contributed by atoms with E-state index in [0.29, 0.717) is 0 Å². The Labute approximate surface area is 32.7 Å². The van der Waals surface area contributed by atoms with E-state index in [0.717, 1.165) is 0 Å². The van der Waals surface area contributed by atoms with E-state index in [1.54, 1.807) is 0 Å². The Morgan fingerprint density at radius 2 is 2.00 bits per heavy atom. The van der Waals surface area contributed by atoms with Crippen LogP contribution in [0.15, 0.2) is 0 Å². The molecule has 0 saturated heterocycles. The molecule has 0 fully saturated rings. The Balaban J connectivity index is 2.85. The zero-order valence-corrected chi connectivity index (χ0v) is 3.83. The van der Waals surface area contributed by atoms with Crippen LogP contribution in [-0.2, 0) is 7.80 Å². The van der Waals surface area contributed by atoms with Crippen molar-refractivity contribution >= 4 is 14.5 Å². The summed E-state index contributed by atoms with van der Waals surface area (Å²) in [7, 11) is 0. The molecule has 0 rings (SSSR count). The van der Waals surface area contributed by atoms with Crippen molar-refractivity contribution in [2.45, 2.75) is 0 Å². The molecule has 1 atom stereocenters. The van der Waals surface area contributed by atoms with Gasteiger partial charge >= 0.3 is 31.7 Å². The van der Waals surface area contributed by atoms with Gasteiger partial charge in [-0.05, 0) is 0 Å². The van der Waals surface area contributed by atoms with Gasteiger partial charge in [-0.1, -0.05) is 0 Å². The molecule has 0 aliphatic rings. The molecule has 32 valence electrons. The standard InChI is InChI=1S/H2O4Se/c1-4-5(2)3/h1H,(H,2,3). The van der Waals surface area contributed by atoms with E-state index in [-0.39, 0.29) is 0 Å². The van der Waals surface area contributed by atoms with Crippen molar-refractivity contribution in [3.05, 3.63) is 0 Å². The van der Waals surface area contributed by atoms with Crippen LogP contribution in [0.25, 0.3) is 0 Å². The third-order valence-corrected chi connectivity index (χ3v) is 0.331. The third kappa shape index (κ3) is 4.20. The summed E-state index contributed by atoms with van der Waals surface area (Å²) in [5.74, 6) is 0. The molecule has 0 aromatic carbocycles. The van der Waals surface area contributed by atoms with Gasteiger partial charge in [0.15, 0.2) is 0 Å². The van der Waals surface area contributed by atoms with Gasteiger partial charge in [0.2, 0.25) is 0 Å². The van der Waals surface area contributed by atoms with Gasteiger partial charge in [-0.25, -0.2) is 0 Å². The molecule has 5 heavy (non-hydrogen) atoms. The average Bonchev–Trinajstić information content (AvgIpc) is 1.38. The van der Waals surface area contributed by atoms with Crippen molar-refractivity contribution in [1.82, 2.24) is 0 Å². The first-order valence-electron chi connectivity index (χ1n) is 0.698. The summed E-state index contributed by atoms with van der Waals surface area (Å²) in [5.41, 5.74) is 0.